The fourth-order valence-electron chi connectivity index (χ4n) is 1.35. The van der Waals surface area contributed by atoms with Gasteiger partial charge in [-0.15, -0.1) is 0 Å². The fourth-order valence-corrected chi connectivity index (χ4v) is 2.32. The molecule has 0 aromatic carbocycles. The van der Waals surface area contributed by atoms with E-state index in [1.165, 1.54) is 32.1 Å². The molecule has 0 aliphatic heterocycles. The van der Waals surface area contributed by atoms with Crippen molar-refractivity contribution in [3.05, 3.63) is 0 Å². The molecule has 0 saturated heterocycles. The average Bonchev–Trinajstić information content (AvgIpc) is 2.94. The molecule has 0 aromatic rings. The number of thioether (sulfide) groups is 1. The van der Waals surface area contributed by atoms with Crippen molar-refractivity contribution in [3.63, 3.8) is 0 Å². The van der Waals surface area contributed by atoms with Gasteiger partial charge in [0.2, 0.25) is 0 Å². The lowest BCUT2D eigenvalue weighted by atomic mass is 10.1. The second-order valence-corrected chi connectivity index (χ2v) is 5.80. The van der Waals surface area contributed by atoms with Crippen LogP contribution in [0.15, 0.2) is 0 Å². The van der Waals surface area contributed by atoms with Crippen LogP contribution in [0.2, 0.25) is 0 Å². The van der Waals surface area contributed by atoms with Gasteiger partial charge in [0.05, 0.1) is 0 Å². The first-order chi connectivity index (χ1) is 6.22. The van der Waals surface area contributed by atoms with Crippen LogP contribution in [0.25, 0.3) is 0 Å². The van der Waals surface area contributed by atoms with Crippen molar-refractivity contribution in [2.24, 2.45) is 11.7 Å². The molecule has 1 aliphatic rings. The number of nitrogens with two attached hydrogens (primary N) is 1. The summed E-state index contributed by atoms with van der Waals surface area (Å²) in [5.41, 5.74) is 6.03. The fraction of sp³-hybridized carbons (Fsp3) is 1.00. The molecule has 0 amide bonds. The SMILES string of the molecule is CCC(C)SCC(N)CCC1CC1. The minimum atomic E-state index is 0.444. The monoisotopic (exact) mass is 201 g/mol. The Morgan fingerprint density at radius 3 is 2.69 bits per heavy atom. The highest BCUT2D eigenvalue weighted by Crippen LogP contribution is 2.34. The van der Waals surface area contributed by atoms with Gasteiger partial charge in [0.15, 0.2) is 0 Å². The minimum Gasteiger partial charge on any atom is -0.327 e. The van der Waals surface area contributed by atoms with Crippen molar-refractivity contribution >= 4 is 11.8 Å². The third kappa shape index (κ3) is 5.58. The molecule has 0 bridgehead atoms. The van der Waals surface area contributed by atoms with Crippen LogP contribution in [0.4, 0.5) is 0 Å². The Morgan fingerprint density at radius 2 is 2.15 bits per heavy atom. The first-order valence-corrected chi connectivity index (χ1v) is 6.64. The molecular weight excluding hydrogens is 178 g/mol. The predicted octanol–water partition coefficient (Wildman–Crippen LogP) is 3.04. The van der Waals surface area contributed by atoms with E-state index in [9.17, 15) is 0 Å². The minimum absolute atomic E-state index is 0.444. The number of hydrogen-bond donors (Lipinski definition) is 1. The Balaban J connectivity index is 1.92. The molecule has 2 heteroatoms. The molecule has 1 rings (SSSR count). The van der Waals surface area contributed by atoms with Gasteiger partial charge in [-0.3, -0.25) is 0 Å². The molecule has 0 radical (unpaired) electrons. The molecule has 78 valence electrons. The molecule has 1 aliphatic carbocycles. The lowest BCUT2D eigenvalue weighted by molar-refractivity contribution is 0.591. The van der Waals surface area contributed by atoms with E-state index in [1.54, 1.807) is 0 Å². The van der Waals surface area contributed by atoms with Crippen LogP contribution >= 0.6 is 11.8 Å². The molecular formula is C11H23NS. The number of hydrogen-bond acceptors (Lipinski definition) is 2. The van der Waals surface area contributed by atoms with Gasteiger partial charge in [-0.05, 0) is 25.2 Å². The first-order valence-electron chi connectivity index (χ1n) is 5.59. The zero-order chi connectivity index (χ0) is 9.68. The largest absolute Gasteiger partial charge is 0.327 e. The summed E-state index contributed by atoms with van der Waals surface area (Å²) < 4.78 is 0. The Morgan fingerprint density at radius 1 is 1.46 bits per heavy atom. The van der Waals surface area contributed by atoms with Crippen LogP contribution < -0.4 is 5.73 Å². The van der Waals surface area contributed by atoms with E-state index in [2.05, 4.69) is 13.8 Å². The summed E-state index contributed by atoms with van der Waals surface area (Å²) in [5.74, 6) is 2.20. The summed E-state index contributed by atoms with van der Waals surface area (Å²) >= 11 is 2.03. The Hall–Kier alpha value is 0.310. The summed E-state index contributed by atoms with van der Waals surface area (Å²) in [6, 6.07) is 0.444. The zero-order valence-corrected chi connectivity index (χ0v) is 9.78. The standard InChI is InChI=1S/C11H23NS/c1-3-9(2)13-8-11(12)7-6-10-4-5-10/h9-11H,3-8,12H2,1-2H3. The van der Waals surface area contributed by atoms with E-state index in [1.807, 2.05) is 11.8 Å². The maximum atomic E-state index is 6.03. The topological polar surface area (TPSA) is 26.0 Å². The Labute approximate surface area is 86.8 Å². The normalized spacial score (nSPS) is 21.5. The van der Waals surface area contributed by atoms with Gasteiger partial charge in [0.25, 0.3) is 0 Å². The molecule has 2 unspecified atom stereocenters. The molecule has 0 heterocycles. The highest BCUT2D eigenvalue weighted by Gasteiger charge is 2.21. The Kier molecular flexibility index (Phi) is 5.18. The van der Waals surface area contributed by atoms with Crippen LogP contribution in [0, 0.1) is 5.92 Å². The molecule has 0 aromatic heterocycles. The maximum absolute atomic E-state index is 6.03. The lowest BCUT2D eigenvalue weighted by Gasteiger charge is -2.13. The van der Waals surface area contributed by atoms with Crippen molar-refractivity contribution in [1.82, 2.24) is 0 Å². The van der Waals surface area contributed by atoms with E-state index in [-0.39, 0.29) is 0 Å². The average molecular weight is 201 g/mol. The highest BCUT2D eigenvalue weighted by atomic mass is 32.2. The predicted molar refractivity (Wildman–Crippen MR) is 62.1 cm³/mol. The van der Waals surface area contributed by atoms with E-state index >= 15 is 0 Å². The summed E-state index contributed by atoms with van der Waals surface area (Å²) in [6.45, 7) is 4.53. The van der Waals surface area contributed by atoms with Gasteiger partial charge in [-0.2, -0.15) is 11.8 Å². The second kappa shape index (κ2) is 5.92. The van der Waals surface area contributed by atoms with E-state index < -0.39 is 0 Å². The van der Waals surface area contributed by atoms with Gasteiger partial charge in [-0.25, -0.2) is 0 Å². The summed E-state index contributed by atoms with van der Waals surface area (Å²) in [6.07, 6.45) is 6.81. The van der Waals surface area contributed by atoms with Gasteiger partial charge in [0, 0.05) is 17.0 Å². The highest BCUT2D eigenvalue weighted by molar-refractivity contribution is 7.99. The van der Waals surface area contributed by atoms with Crippen molar-refractivity contribution < 1.29 is 0 Å². The van der Waals surface area contributed by atoms with Crippen LogP contribution in [0.1, 0.15) is 46.0 Å². The number of rotatable bonds is 7. The van der Waals surface area contributed by atoms with Crippen LogP contribution in [-0.4, -0.2) is 17.0 Å². The lowest BCUT2D eigenvalue weighted by Crippen LogP contribution is -2.23. The third-order valence-corrected chi connectivity index (χ3v) is 4.34. The molecule has 1 fully saturated rings. The van der Waals surface area contributed by atoms with Gasteiger partial charge < -0.3 is 5.73 Å². The van der Waals surface area contributed by atoms with Crippen molar-refractivity contribution in [1.29, 1.82) is 0 Å². The summed E-state index contributed by atoms with van der Waals surface area (Å²) in [4.78, 5) is 0. The zero-order valence-electron chi connectivity index (χ0n) is 8.96. The smallest absolute Gasteiger partial charge is 0.0130 e. The molecule has 13 heavy (non-hydrogen) atoms. The summed E-state index contributed by atoms with van der Waals surface area (Å²) in [7, 11) is 0. The van der Waals surface area contributed by atoms with Gasteiger partial charge in [0.1, 0.15) is 0 Å². The van der Waals surface area contributed by atoms with Gasteiger partial charge in [-0.1, -0.05) is 26.7 Å². The van der Waals surface area contributed by atoms with Crippen molar-refractivity contribution in [3.8, 4) is 0 Å². The van der Waals surface area contributed by atoms with Crippen LogP contribution in [-0.2, 0) is 0 Å². The van der Waals surface area contributed by atoms with Crippen LogP contribution in [0.3, 0.4) is 0 Å². The van der Waals surface area contributed by atoms with Crippen LogP contribution in [0.5, 0.6) is 0 Å². The molecule has 0 spiro atoms. The molecule has 1 saturated carbocycles. The van der Waals surface area contributed by atoms with Gasteiger partial charge >= 0.3 is 0 Å². The Bertz CT molecular complexity index is 134. The summed E-state index contributed by atoms with van der Waals surface area (Å²) in [5, 5.41) is 0.784. The van der Waals surface area contributed by atoms with E-state index in [0.29, 0.717) is 6.04 Å². The quantitative estimate of drug-likeness (QED) is 0.685. The first kappa shape index (κ1) is 11.4. The molecule has 1 nitrogen and oxygen atoms in total. The van der Waals surface area contributed by atoms with Crippen molar-refractivity contribution in [2.75, 3.05) is 5.75 Å². The second-order valence-electron chi connectivity index (χ2n) is 4.33. The third-order valence-electron chi connectivity index (χ3n) is 2.81. The maximum Gasteiger partial charge on any atom is 0.0130 e. The molecule has 2 atom stereocenters. The van der Waals surface area contributed by atoms with E-state index in [0.717, 1.165) is 16.9 Å². The van der Waals surface area contributed by atoms with Crippen molar-refractivity contribution in [2.45, 2.75) is 57.2 Å². The molecule has 2 N–H and O–H groups in total. The van der Waals surface area contributed by atoms with E-state index in [4.69, 9.17) is 5.73 Å².